The Labute approximate surface area is 556 Å². The lowest BCUT2D eigenvalue weighted by Crippen LogP contribution is -2.05. The predicted molar refractivity (Wildman–Crippen MR) is 349 cm³/mol. The SMILES string of the molecule is COc1cc(-n2ncc3cc(C(=O)O)ccc32)ccn1.O=C(O)c1ccc2c(cnn2-c2ccc(C(F)(F)F)cc2)c1.O=C(O)c1ccc2c(cnn2-c2ccc(F)c(F)c2)c1.O=C(O)c1ccc2c(cnn2-c2ccc(F)cc2)c1.O=C(O)c1ccc2c(cnn2-c2cccc(F)c2)c1. The molecule has 5 N–H and O–H groups in total. The van der Waals surface area contributed by atoms with Crippen LogP contribution in [0.5, 0.6) is 5.88 Å². The topological polar surface area (TPSA) is 298 Å². The summed E-state index contributed by atoms with van der Waals surface area (Å²) in [7, 11) is 1.55. The van der Waals surface area contributed by atoms with Crippen LogP contribution in [0.15, 0.2) is 231 Å². The molecule has 0 aliphatic rings. The van der Waals surface area contributed by atoms with Gasteiger partial charge >= 0.3 is 36.0 Å². The number of pyridine rings is 1. The van der Waals surface area contributed by atoms with Gasteiger partial charge in [-0.15, -0.1) is 0 Å². The third-order valence-corrected chi connectivity index (χ3v) is 15.0. The summed E-state index contributed by atoms with van der Waals surface area (Å²) >= 11 is 0. The Kier molecular flexibility index (Phi) is 19.3. The van der Waals surface area contributed by atoms with Gasteiger partial charge in [0.15, 0.2) is 11.6 Å². The Hall–Kier alpha value is -13.9. The first-order valence-corrected chi connectivity index (χ1v) is 29.1. The van der Waals surface area contributed by atoms with Crippen molar-refractivity contribution in [2.24, 2.45) is 0 Å². The van der Waals surface area contributed by atoms with E-state index in [4.69, 9.17) is 30.3 Å². The maximum absolute atomic E-state index is 13.2. The molecule has 0 saturated heterocycles. The molecule has 15 aromatic rings. The van der Waals surface area contributed by atoms with Gasteiger partial charge in [-0.3, -0.25) is 0 Å². The van der Waals surface area contributed by atoms with Gasteiger partial charge in [-0.25, -0.2) is 69.9 Å². The minimum absolute atomic E-state index is 0.125. The van der Waals surface area contributed by atoms with Crippen molar-refractivity contribution >= 4 is 84.4 Å². The molecule has 29 heteroatoms. The van der Waals surface area contributed by atoms with Crippen molar-refractivity contribution in [1.29, 1.82) is 0 Å². The normalized spacial score (nSPS) is 11.0. The molecule has 0 fully saturated rings. The lowest BCUT2D eigenvalue weighted by molar-refractivity contribution is -0.137. The highest BCUT2D eigenvalue weighted by Crippen LogP contribution is 2.31. The number of hydrogen-bond acceptors (Lipinski definition) is 12. The minimum atomic E-state index is -4.39. The second-order valence-corrected chi connectivity index (χ2v) is 21.3. The number of alkyl halides is 3. The fourth-order valence-corrected chi connectivity index (χ4v) is 10.1. The molecule has 9 aromatic carbocycles. The van der Waals surface area contributed by atoms with Crippen LogP contribution in [0.1, 0.15) is 57.4 Å². The summed E-state index contributed by atoms with van der Waals surface area (Å²) in [4.78, 5) is 58.6. The highest BCUT2D eigenvalue weighted by Gasteiger charge is 2.30. The summed E-state index contributed by atoms with van der Waals surface area (Å²) in [6.45, 7) is 0. The van der Waals surface area contributed by atoms with Crippen molar-refractivity contribution in [1.82, 2.24) is 53.9 Å². The number of methoxy groups -OCH3 is 1. The van der Waals surface area contributed by atoms with E-state index >= 15 is 0 Å². The van der Waals surface area contributed by atoms with E-state index in [1.165, 1.54) is 101 Å². The molecule has 0 spiro atoms. The predicted octanol–water partition coefficient (Wildman–Crippen LogP) is 14.6. The summed E-state index contributed by atoms with van der Waals surface area (Å²) in [6, 6.07) is 46.9. The van der Waals surface area contributed by atoms with Gasteiger partial charge in [-0.1, -0.05) is 6.07 Å². The summed E-state index contributed by atoms with van der Waals surface area (Å²) in [5.41, 5.74) is 6.69. The molecule has 500 valence electrons. The molecule has 0 saturated carbocycles. The van der Waals surface area contributed by atoms with Crippen molar-refractivity contribution in [2.45, 2.75) is 6.18 Å². The maximum atomic E-state index is 13.2. The van der Waals surface area contributed by atoms with Crippen LogP contribution in [-0.2, 0) is 6.18 Å². The molecule has 0 aliphatic carbocycles. The van der Waals surface area contributed by atoms with Crippen LogP contribution in [0.4, 0.5) is 30.7 Å². The van der Waals surface area contributed by atoms with Crippen molar-refractivity contribution in [3.8, 4) is 34.3 Å². The van der Waals surface area contributed by atoms with E-state index in [1.54, 1.807) is 137 Å². The monoisotopic (exact) mass is 1360 g/mol. The zero-order valence-electron chi connectivity index (χ0n) is 51.2. The van der Waals surface area contributed by atoms with Crippen LogP contribution in [0.2, 0.25) is 0 Å². The van der Waals surface area contributed by atoms with E-state index in [2.05, 4.69) is 30.5 Å². The fourth-order valence-electron chi connectivity index (χ4n) is 10.1. The summed E-state index contributed by atoms with van der Waals surface area (Å²) in [5.74, 6) is -7.06. The number of benzene rings is 9. The smallest absolute Gasteiger partial charge is 0.416 e. The van der Waals surface area contributed by atoms with Crippen LogP contribution in [0, 0.1) is 23.3 Å². The van der Waals surface area contributed by atoms with Crippen molar-refractivity contribution in [2.75, 3.05) is 7.11 Å². The molecule has 0 unspecified atom stereocenters. The molecule has 0 aliphatic heterocycles. The van der Waals surface area contributed by atoms with Crippen LogP contribution >= 0.6 is 0 Å². The first-order valence-electron chi connectivity index (χ1n) is 29.1. The third-order valence-electron chi connectivity index (χ3n) is 15.0. The van der Waals surface area contributed by atoms with Crippen LogP contribution in [0.25, 0.3) is 83.0 Å². The number of aromatic carboxylic acids is 5. The van der Waals surface area contributed by atoms with Gasteiger partial charge in [0.1, 0.15) is 11.6 Å². The Bertz CT molecular complexity index is 5620. The van der Waals surface area contributed by atoms with E-state index < -0.39 is 53.2 Å². The zero-order valence-corrected chi connectivity index (χ0v) is 51.2. The summed E-state index contributed by atoms with van der Waals surface area (Å²) in [6.07, 6.45) is 4.98. The average Bonchev–Trinajstić information content (AvgIpc) is 1.65. The van der Waals surface area contributed by atoms with Gasteiger partial charge in [0.05, 0.1) is 127 Å². The summed E-state index contributed by atoms with van der Waals surface area (Å²) < 4.78 is 103. The quantitative estimate of drug-likeness (QED) is 0.0752. The van der Waals surface area contributed by atoms with Gasteiger partial charge in [-0.2, -0.15) is 38.7 Å². The van der Waals surface area contributed by atoms with Gasteiger partial charge < -0.3 is 30.3 Å². The Morgan fingerprint density at radius 1 is 0.350 bits per heavy atom. The van der Waals surface area contributed by atoms with Crippen molar-refractivity contribution in [3.63, 3.8) is 0 Å². The van der Waals surface area contributed by atoms with Crippen LogP contribution in [0.3, 0.4) is 0 Å². The lowest BCUT2D eigenvalue weighted by Gasteiger charge is -2.08. The number of rotatable bonds is 11. The maximum Gasteiger partial charge on any atom is 0.416 e. The number of ether oxygens (including phenoxy) is 1. The van der Waals surface area contributed by atoms with Crippen LogP contribution in [-0.4, -0.2) is 116 Å². The number of aromatic nitrogens is 11. The number of carboxylic acids is 5. The standard InChI is InChI=1S/C15H9F3N2O2.C14H8F2N2O2.2C14H9FN2O2.C14H11N3O3/c16-15(17,18)11-2-4-12(5-3-11)20-13-6-1-9(14(21)22)7-10(13)8-19-20;15-11-3-2-10(6-12(11)16)18-13-4-1-8(14(19)20)5-9(13)7-17-18;15-11-2-4-12(5-3-11)17-13-6-1-9(14(18)19)7-10(13)8-16-17;15-11-2-1-3-12(7-11)17-13-5-4-9(14(18)19)6-10(13)8-16-17;1-20-13-7-11(4-5-15-13)17-12-3-2-9(14(18)19)6-10(12)8-16-17/h1-8H,(H,21,22);1-7H,(H,19,20);2*1-8H,(H,18,19);2-8H,1H3,(H,18,19). The van der Waals surface area contributed by atoms with Gasteiger partial charge in [-0.05, 0) is 176 Å². The average molecular weight is 1360 g/mol. The number of halogens is 7. The Morgan fingerprint density at radius 2 is 0.680 bits per heavy atom. The first-order chi connectivity index (χ1) is 47.9. The lowest BCUT2D eigenvalue weighted by atomic mass is 10.1. The zero-order chi connectivity index (χ0) is 71.1. The molecule has 22 nitrogen and oxygen atoms in total. The Balaban J connectivity index is 0.000000126. The second kappa shape index (κ2) is 28.6. The molecular weight excluding hydrogens is 1320 g/mol. The third kappa shape index (κ3) is 15.0. The van der Waals surface area contributed by atoms with Crippen molar-refractivity contribution in [3.05, 3.63) is 288 Å². The summed E-state index contributed by atoms with van der Waals surface area (Å²) in [5, 5.41) is 68.9. The highest BCUT2D eigenvalue weighted by atomic mass is 19.4. The van der Waals surface area contributed by atoms with Crippen molar-refractivity contribution < 1.29 is 85.0 Å². The molecule has 0 atom stereocenters. The highest BCUT2D eigenvalue weighted by molar-refractivity contribution is 5.97. The van der Waals surface area contributed by atoms with E-state index in [0.29, 0.717) is 50.1 Å². The molecule has 6 heterocycles. The van der Waals surface area contributed by atoms with Gasteiger partial charge in [0, 0.05) is 45.3 Å². The van der Waals surface area contributed by atoms with Gasteiger partial charge in [0.25, 0.3) is 0 Å². The number of nitrogens with zero attached hydrogens (tertiary/aromatic N) is 11. The fraction of sp³-hybridized carbons (Fsp3) is 0.0282. The molecular formula is C71H46F7N11O11. The number of hydrogen-bond donors (Lipinski definition) is 5. The molecule has 100 heavy (non-hydrogen) atoms. The van der Waals surface area contributed by atoms with Crippen LogP contribution < -0.4 is 4.74 Å². The second-order valence-electron chi connectivity index (χ2n) is 21.3. The molecule has 0 radical (unpaired) electrons. The van der Waals surface area contributed by atoms with Gasteiger partial charge in [0.2, 0.25) is 5.88 Å². The minimum Gasteiger partial charge on any atom is -0.481 e. The molecule has 15 rings (SSSR count). The van der Waals surface area contributed by atoms with E-state index in [1.807, 2.05) is 0 Å². The first kappa shape index (κ1) is 67.6. The van der Waals surface area contributed by atoms with E-state index in [9.17, 15) is 54.7 Å². The largest absolute Gasteiger partial charge is 0.481 e. The Morgan fingerprint density at radius 3 is 1.01 bits per heavy atom. The number of fused-ring (bicyclic) bond motifs is 5. The molecule has 0 amide bonds. The van der Waals surface area contributed by atoms with E-state index in [-0.39, 0.29) is 39.5 Å². The number of carbonyl (C=O) groups is 5. The van der Waals surface area contributed by atoms with E-state index in [0.717, 1.165) is 63.0 Å². The number of carboxylic acid groups (broad SMARTS) is 5. The molecule has 0 bridgehead atoms. The molecule has 6 aromatic heterocycles.